The van der Waals surface area contributed by atoms with Crippen LogP contribution in [0.3, 0.4) is 0 Å². The van der Waals surface area contributed by atoms with Crippen molar-refractivity contribution in [3.8, 4) is 0 Å². The number of nitrogens with one attached hydrogen (secondary N) is 2. The minimum Gasteiger partial charge on any atom is -0.354 e. The molecule has 1 heterocycles. The summed E-state index contributed by atoms with van der Waals surface area (Å²) >= 11 is 0. The zero-order valence-corrected chi connectivity index (χ0v) is 15.1. The number of alkyl halides is 3. The summed E-state index contributed by atoms with van der Waals surface area (Å²) in [7, 11) is 0. The Bertz CT molecular complexity index is 719. The summed E-state index contributed by atoms with van der Waals surface area (Å²) in [6.07, 6.45) is -4.57. The average Bonchev–Trinajstić information content (AvgIpc) is 2.99. The SMILES string of the molecule is CC(C)C(=O)NCCNC(=O)[C@@H]1CC(=O)N(c2cccc(C(F)(F)F)c2)C1. The van der Waals surface area contributed by atoms with Gasteiger partial charge in [-0.1, -0.05) is 19.9 Å². The van der Waals surface area contributed by atoms with Crippen LogP contribution in [0, 0.1) is 11.8 Å². The van der Waals surface area contributed by atoms with Gasteiger partial charge >= 0.3 is 6.18 Å². The third-order valence-corrected chi connectivity index (χ3v) is 4.23. The van der Waals surface area contributed by atoms with E-state index in [1.165, 1.54) is 17.0 Å². The van der Waals surface area contributed by atoms with Crippen LogP contribution >= 0.6 is 0 Å². The molecular formula is C18H22F3N3O3. The van der Waals surface area contributed by atoms with Crippen LogP contribution in [0.25, 0.3) is 0 Å². The van der Waals surface area contributed by atoms with Gasteiger partial charge in [0.05, 0.1) is 11.5 Å². The molecule has 0 aromatic heterocycles. The molecule has 0 spiro atoms. The van der Waals surface area contributed by atoms with E-state index in [0.717, 1.165) is 12.1 Å². The number of halogens is 3. The molecule has 9 heteroatoms. The average molecular weight is 385 g/mol. The first-order valence-corrected chi connectivity index (χ1v) is 8.62. The molecule has 1 aliphatic heterocycles. The lowest BCUT2D eigenvalue weighted by molar-refractivity contribution is -0.137. The molecule has 0 unspecified atom stereocenters. The van der Waals surface area contributed by atoms with E-state index < -0.39 is 23.6 Å². The fourth-order valence-corrected chi connectivity index (χ4v) is 2.70. The van der Waals surface area contributed by atoms with E-state index in [1.54, 1.807) is 13.8 Å². The highest BCUT2D eigenvalue weighted by atomic mass is 19.4. The van der Waals surface area contributed by atoms with E-state index in [2.05, 4.69) is 10.6 Å². The molecule has 6 nitrogen and oxygen atoms in total. The van der Waals surface area contributed by atoms with E-state index >= 15 is 0 Å². The van der Waals surface area contributed by atoms with Crippen LogP contribution in [-0.4, -0.2) is 37.4 Å². The Labute approximate surface area is 155 Å². The number of carbonyl (C=O) groups is 3. The van der Waals surface area contributed by atoms with Crippen molar-refractivity contribution in [2.45, 2.75) is 26.4 Å². The molecule has 148 valence electrons. The fraction of sp³-hybridized carbons (Fsp3) is 0.500. The van der Waals surface area contributed by atoms with E-state index in [-0.39, 0.29) is 49.5 Å². The molecule has 3 amide bonds. The molecule has 1 aliphatic rings. The summed E-state index contributed by atoms with van der Waals surface area (Å²) < 4.78 is 38.5. The maximum absolute atomic E-state index is 12.8. The van der Waals surface area contributed by atoms with Gasteiger partial charge in [-0.05, 0) is 18.2 Å². The Morgan fingerprint density at radius 3 is 2.52 bits per heavy atom. The molecule has 1 saturated heterocycles. The van der Waals surface area contributed by atoms with Crippen molar-refractivity contribution in [1.82, 2.24) is 10.6 Å². The van der Waals surface area contributed by atoms with Crippen LogP contribution in [-0.2, 0) is 20.6 Å². The van der Waals surface area contributed by atoms with Crippen LogP contribution in [0.15, 0.2) is 24.3 Å². The minimum atomic E-state index is -4.50. The molecule has 2 rings (SSSR count). The molecule has 0 saturated carbocycles. The summed E-state index contributed by atoms with van der Waals surface area (Å²) in [4.78, 5) is 37.0. The molecular weight excluding hydrogens is 363 g/mol. The summed E-state index contributed by atoms with van der Waals surface area (Å²) in [5.74, 6) is -1.70. The molecule has 2 N–H and O–H groups in total. The van der Waals surface area contributed by atoms with Crippen molar-refractivity contribution in [2.75, 3.05) is 24.5 Å². The number of anilines is 1. The zero-order chi connectivity index (χ0) is 20.2. The maximum atomic E-state index is 12.8. The molecule has 1 aromatic carbocycles. The second kappa shape index (κ2) is 8.41. The Morgan fingerprint density at radius 1 is 1.22 bits per heavy atom. The predicted molar refractivity (Wildman–Crippen MR) is 92.8 cm³/mol. The van der Waals surface area contributed by atoms with Crippen LogP contribution in [0.4, 0.5) is 18.9 Å². The minimum absolute atomic E-state index is 0.0182. The Balaban J connectivity index is 1.91. The first-order chi connectivity index (χ1) is 12.6. The Hall–Kier alpha value is -2.58. The second-order valence-corrected chi connectivity index (χ2v) is 6.69. The van der Waals surface area contributed by atoms with Crippen molar-refractivity contribution in [3.63, 3.8) is 0 Å². The van der Waals surface area contributed by atoms with Gasteiger partial charge in [-0.2, -0.15) is 13.2 Å². The third kappa shape index (κ3) is 5.45. The van der Waals surface area contributed by atoms with Crippen molar-refractivity contribution in [1.29, 1.82) is 0 Å². The van der Waals surface area contributed by atoms with Gasteiger partial charge in [0.15, 0.2) is 0 Å². The largest absolute Gasteiger partial charge is 0.416 e. The summed E-state index contributed by atoms with van der Waals surface area (Å²) in [5.41, 5.74) is -0.726. The van der Waals surface area contributed by atoms with Gasteiger partial charge in [0.25, 0.3) is 0 Å². The second-order valence-electron chi connectivity index (χ2n) is 6.69. The number of hydrogen-bond acceptors (Lipinski definition) is 3. The zero-order valence-electron chi connectivity index (χ0n) is 15.1. The lowest BCUT2D eigenvalue weighted by atomic mass is 10.1. The number of rotatable bonds is 6. The summed E-state index contributed by atoms with van der Waals surface area (Å²) in [6, 6.07) is 4.48. The van der Waals surface area contributed by atoms with Crippen molar-refractivity contribution < 1.29 is 27.6 Å². The van der Waals surface area contributed by atoms with E-state index in [9.17, 15) is 27.6 Å². The monoisotopic (exact) mass is 385 g/mol. The molecule has 1 fully saturated rings. The van der Waals surface area contributed by atoms with Gasteiger partial charge < -0.3 is 15.5 Å². The first kappa shape index (κ1) is 20.7. The number of amides is 3. The predicted octanol–water partition coefficient (Wildman–Crippen LogP) is 1.95. The normalized spacial score (nSPS) is 17.3. The first-order valence-electron chi connectivity index (χ1n) is 8.62. The van der Waals surface area contributed by atoms with Gasteiger partial charge in [0, 0.05) is 37.7 Å². The topological polar surface area (TPSA) is 78.5 Å². The lowest BCUT2D eigenvalue weighted by Crippen LogP contribution is -2.39. The lowest BCUT2D eigenvalue weighted by Gasteiger charge is -2.18. The van der Waals surface area contributed by atoms with Crippen LogP contribution in [0.5, 0.6) is 0 Å². The van der Waals surface area contributed by atoms with Gasteiger partial charge in [-0.25, -0.2) is 0 Å². The summed E-state index contributed by atoms with van der Waals surface area (Å²) in [6.45, 7) is 4.00. The van der Waals surface area contributed by atoms with Crippen LogP contribution < -0.4 is 15.5 Å². The molecule has 27 heavy (non-hydrogen) atoms. The Morgan fingerprint density at radius 2 is 1.89 bits per heavy atom. The van der Waals surface area contributed by atoms with Crippen molar-refractivity contribution in [3.05, 3.63) is 29.8 Å². The number of carbonyl (C=O) groups excluding carboxylic acids is 3. The molecule has 0 radical (unpaired) electrons. The highest BCUT2D eigenvalue weighted by Crippen LogP contribution is 2.33. The quantitative estimate of drug-likeness (QED) is 0.735. The smallest absolute Gasteiger partial charge is 0.354 e. The number of nitrogens with zero attached hydrogens (tertiary/aromatic N) is 1. The highest BCUT2D eigenvalue weighted by Gasteiger charge is 2.36. The van der Waals surface area contributed by atoms with Gasteiger partial charge in [0.2, 0.25) is 17.7 Å². The molecule has 1 atom stereocenters. The van der Waals surface area contributed by atoms with Crippen LogP contribution in [0.2, 0.25) is 0 Å². The summed E-state index contributed by atoms with van der Waals surface area (Å²) in [5, 5.41) is 5.29. The third-order valence-electron chi connectivity index (χ3n) is 4.23. The molecule has 0 aliphatic carbocycles. The standard InChI is InChI=1S/C18H22F3N3O3/c1-11(2)16(26)22-6-7-23-17(27)12-8-15(25)24(10-12)14-5-3-4-13(9-14)18(19,20)21/h3-5,9,11-12H,6-8,10H2,1-2H3,(H,22,26)(H,23,27)/t12-/m1/s1. The van der Waals surface area contributed by atoms with Gasteiger partial charge in [-0.15, -0.1) is 0 Å². The number of hydrogen-bond donors (Lipinski definition) is 2. The van der Waals surface area contributed by atoms with Crippen molar-refractivity contribution in [2.24, 2.45) is 11.8 Å². The van der Waals surface area contributed by atoms with E-state index in [1.807, 2.05) is 0 Å². The van der Waals surface area contributed by atoms with Crippen LogP contribution in [0.1, 0.15) is 25.8 Å². The van der Waals surface area contributed by atoms with Gasteiger partial charge in [-0.3, -0.25) is 14.4 Å². The highest BCUT2D eigenvalue weighted by molar-refractivity contribution is 6.00. The maximum Gasteiger partial charge on any atom is 0.416 e. The number of benzene rings is 1. The van der Waals surface area contributed by atoms with Gasteiger partial charge in [0.1, 0.15) is 0 Å². The van der Waals surface area contributed by atoms with E-state index in [0.29, 0.717) is 0 Å². The van der Waals surface area contributed by atoms with E-state index in [4.69, 9.17) is 0 Å². The van der Waals surface area contributed by atoms with Crippen molar-refractivity contribution >= 4 is 23.4 Å². The molecule has 1 aromatic rings. The molecule has 0 bridgehead atoms. The Kier molecular flexibility index (Phi) is 6.45. The fourth-order valence-electron chi connectivity index (χ4n) is 2.70.